The van der Waals surface area contributed by atoms with Crippen molar-refractivity contribution in [1.82, 2.24) is 0 Å². The molecule has 0 unspecified atom stereocenters. The number of hydrogen-bond donors (Lipinski definition) is 1. The van der Waals surface area contributed by atoms with E-state index in [-0.39, 0.29) is 0 Å². The minimum absolute atomic E-state index is 0.700. The van der Waals surface area contributed by atoms with Crippen LogP contribution in [0.1, 0.15) is 5.56 Å². The molecular formula is C18H14O3. The fourth-order valence-corrected chi connectivity index (χ4v) is 1.99. The number of fused-ring (bicyclic) bond motifs is 1. The van der Waals surface area contributed by atoms with Crippen LogP contribution >= 0.6 is 0 Å². The molecule has 0 fully saturated rings. The van der Waals surface area contributed by atoms with Crippen molar-refractivity contribution in [2.45, 2.75) is 0 Å². The van der Waals surface area contributed by atoms with E-state index < -0.39 is 5.97 Å². The van der Waals surface area contributed by atoms with Gasteiger partial charge in [0, 0.05) is 11.6 Å². The summed E-state index contributed by atoms with van der Waals surface area (Å²) in [5, 5.41) is 10.8. The predicted octanol–water partition coefficient (Wildman–Crippen LogP) is 3.47. The third kappa shape index (κ3) is 3.74. The fraction of sp³-hybridized carbons (Fsp3) is 0.0556. The first kappa shape index (κ1) is 14.4. The summed E-state index contributed by atoms with van der Waals surface area (Å²) < 4.78 is 4.79. The quantitative estimate of drug-likeness (QED) is 0.531. The van der Waals surface area contributed by atoms with Crippen LogP contribution in [-0.2, 0) is 9.53 Å². The molecule has 0 saturated carbocycles. The number of carbonyl (C=O) groups is 1. The summed E-state index contributed by atoms with van der Waals surface area (Å²) in [7, 11) is 1.49. The minimum Gasteiger partial charge on any atom is -0.478 e. The van der Waals surface area contributed by atoms with Gasteiger partial charge in [0.2, 0.25) is 0 Å². The third-order valence-corrected chi connectivity index (χ3v) is 2.87. The summed E-state index contributed by atoms with van der Waals surface area (Å²) in [5.74, 6) is 1.90. The highest BCUT2D eigenvalue weighted by molar-refractivity contribution is 5.98. The summed E-state index contributed by atoms with van der Waals surface area (Å²) in [6.45, 7) is 0. The van der Waals surface area contributed by atoms with E-state index in [4.69, 9.17) is 9.84 Å². The number of methoxy groups -OCH3 is 1. The number of carboxylic acid groups (broad SMARTS) is 1. The molecule has 3 nitrogen and oxygen atoms in total. The monoisotopic (exact) mass is 278 g/mol. The van der Waals surface area contributed by atoms with Crippen molar-refractivity contribution in [1.29, 1.82) is 0 Å². The second-order valence-electron chi connectivity index (χ2n) is 4.24. The average Bonchev–Trinajstić information content (AvgIpc) is 2.50. The van der Waals surface area contributed by atoms with Gasteiger partial charge in [-0.25, -0.2) is 4.79 Å². The second-order valence-corrected chi connectivity index (χ2v) is 4.24. The minimum atomic E-state index is -0.997. The zero-order chi connectivity index (χ0) is 15.1. The van der Waals surface area contributed by atoms with Gasteiger partial charge < -0.3 is 9.84 Å². The molecular weight excluding hydrogens is 264 g/mol. The maximum atomic E-state index is 10.6. The first-order valence-corrected chi connectivity index (χ1v) is 6.36. The van der Waals surface area contributed by atoms with Crippen molar-refractivity contribution < 1.29 is 14.6 Å². The summed E-state index contributed by atoms with van der Waals surface area (Å²) in [6.07, 6.45) is 6.75. The lowest BCUT2D eigenvalue weighted by molar-refractivity contribution is -0.131. The summed E-state index contributed by atoms with van der Waals surface area (Å²) >= 11 is 0. The Morgan fingerprint density at radius 1 is 1.19 bits per heavy atom. The topological polar surface area (TPSA) is 46.5 Å². The number of hydrogen-bond acceptors (Lipinski definition) is 2. The lowest BCUT2D eigenvalue weighted by Gasteiger charge is -2.05. The van der Waals surface area contributed by atoms with E-state index >= 15 is 0 Å². The van der Waals surface area contributed by atoms with Gasteiger partial charge in [-0.2, -0.15) is 0 Å². The lowest BCUT2D eigenvalue weighted by atomic mass is 9.98. The van der Waals surface area contributed by atoms with Gasteiger partial charge in [0.15, 0.2) is 0 Å². The van der Waals surface area contributed by atoms with Crippen LogP contribution in [0, 0.1) is 12.0 Å². The van der Waals surface area contributed by atoms with Crippen LogP contribution in [0.5, 0.6) is 0 Å². The van der Waals surface area contributed by atoms with Gasteiger partial charge in [-0.3, -0.25) is 0 Å². The number of rotatable bonds is 3. The van der Waals surface area contributed by atoms with E-state index in [9.17, 15) is 4.79 Å². The molecule has 2 aromatic rings. The Kier molecular flexibility index (Phi) is 4.79. The van der Waals surface area contributed by atoms with Crippen molar-refractivity contribution in [3.8, 4) is 12.0 Å². The largest absolute Gasteiger partial charge is 0.478 e. The molecule has 0 aliphatic heterocycles. The SMILES string of the molecule is COC#C/C(=C\C=C/C(=O)O)c1cccc2ccccc12. The molecule has 0 radical (unpaired) electrons. The Morgan fingerprint density at radius 2 is 1.95 bits per heavy atom. The number of aliphatic carboxylic acids is 1. The Bertz CT molecular complexity index is 768. The molecule has 0 atom stereocenters. The Balaban J connectivity index is 2.56. The molecule has 0 aromatic heterocycles. The van der Waals surface area contributed by atoms with E-state index in [0.717, 1.165) is 22.4 Å². The normalized spacial score (nSPS) is 11.2. The maximum Gasteiger partial charge on any atom is 0.328 e. The summed E-state index contributed by atoms with van der Waals surface area (Å²) in [6, 6.07) is 13.9. The lowest BCUT2D eigenvalue weighted by Crippen LogP contribution is -1.87. The summed E-state index contributed by atoms with van der Waals surface area (Å²) in [5.41, 5.74) is 1.64. The van der Waals surface area contributed by atoms with Gasteiger partial charge in [-0.15, -0.1) is 0 Å². The standard InChI is InChI=1S/C18H14O3/c1-21-13-12-15(8-5-11-18(19)20)17-10-4-7-14-6-2-3-9-16(14)17/h2-11H,1H3,(H,19,20)/b11-5-,15-8+. The molecule has 0 aliphatic carbocycles. The smallest absolute Gasteiger partial charge is 0.328 e. The zero-order valence-corrected chi connectivity index (χ0v) is 11.5. The fourth-order valence-electron chi connectivity index (χ4n) is 1.99. The van der Waals surface area contributed by atoms with Crippen LogP contribution in [0.2, 0.25) is 0 Å². The number of carboxylic acids is 1. The van der Waals surface area contributed by atoms with Crippen LogP contribution in [-0.4, -0.2) is 18.2 Å². The first-order chi connectivity index (χ1) is 10.2. The van der Waals surface area contributed by atoms with Crippen molar-refractivity contribution in [2.24, 2.45) is 0 Å². The van der Waals surface area contributed by atoms with Gasteiger partial charge in [0.25, 0.3) is 0 Å². The van der Waals surface area contributed by atoms with Crippen LogP contribution in [0.3, 0.4) is 0 Å². The molecule has 2 rings (SSSR count). The van der Waals surface area contributed by atoms with Gasteiger partial charge in [0.05, 0.1) is 7.11 Å². The molecule has 0 heterocycles. The number of benzene rings is 2. The van der Waals surface area contributed by atoms with E-state index in [1.54, 1.807) is 6.08 Å². The van der Waals surface area contributed by atoms with Crippen LogP contribution in [0.4, 0.5) is 0 Å². The van der Waals surface area contributed by atoms with Gasteiger partial charge in [-0.1, -0.05) is 48.5 Å². The van der Waals surface area contributed by atoms with Crippen LogP contribution in [0.15, 0.2) is 60.7 Å². The number of ether oxygens (including phenoxy) is 1. The molecule has 1 N–H and O–H groups in total. The highest BCUT2D eigenvalue weighted by atomic mass is 16.5. The molecule has 2 aromatic carbocycles. The summed E-state index contributed by atoms with van der Waals surface area (Å²) in [4.78, 5) is 10.6. The first-order valence-electron chi connectivity index (χ1n) is 6.36. The van der Waals surface area contributed by atoms with Crippen LogP contribution in [0.25, 0.3) is 16.3 Å². The molecule has 0 saturated heterocycles. The zero-order valence-electron chi connectivity index (χ0n) is 11.5. The molecule has 0 aliphatic rings. The highest BCUT2D eigenvalue weighted by Gasteiger charge is 2.03. The molecule has 0 amide bonds. The molecule has 104 valence electrons. The highest BCUT2D eigenvalue weighted by Crippen LogP contribution is 2.24. The average molecular weight is 278 g/mol. The van der Waals surface area contributed by atoms with E-state index in [2.05, 4.69) is 12.0 Å². The van der Waals surface area contributed by atoms with Crippen LogP contribution < -0.4 is 0 Å². The van der Waals surface area contributed by atoms with Gasteiger partial charge >= 0.3 is 5.97 Å². The predicted molar refractivity (Wildman–Crippen MR) is 83.5 cm³/mol. The number of allylic oxidation sites excluding steroid dienone is 3. The third-order valence-electron chi connectivity index (χ3n) is 2.87. The maximum absolute atomic E-state index is 10.6. The van der Waals surface area contributed by atoms with Gasteiger partial charge in [0.1, 0.15) is 6.11 Å². The van der Waals surface area contributed by atoms with Crippen molar-refractivity contribution in [3.05, 3.63) is 66.3 Å². The molecule has 21 heavy (non-hydrogen) atoms. The van der Waals surface area contributed by atoms with E-state index in [0.29, 0.717) is 5.57 Å². The Hall–Kier alpha value is -2.99. The molecule has 0 bridgehead atoms. The van der Waals surface area contributed by atoms with Crippen molar-refractivity contribution in [3.63, 3.8) is 0 Å². The van der Waals surface area contributed by atoms with Gasteiger partial charge in [-0.05, 0) is 28.3 Å². The van der Waals surface area contributed by atoms with Crippen molar-refractivity contribution in [2.75, 3.05) is 7.11 Å². The Labute approximate surface area is 123 Å². The molecule has 0 spiro atoms. The Morgan fingerprint density at radius 3 is 2.71 bits per heavy atom. The second kappa shape index (κ2) is 6.97. The van der Waals surface area contributed by atoms with E-state index in [1.807, 2.05) is 42.5 Å². The molecule has 3 heteroatoms. The van der Waals surface area contributed by atoms with Crippen molar-refractivity contribution >= 4 is 22.3 Å². The van der Waals surface area contributed by atoms with E-state index in [1.165, 1.54) is 13.2 Å².